The molecule has 3 aliphatic rings. The number of anilines is 1. The number of nitrogens with zero attached hydrogens (tertiary/aromatic N) is 3. The minimum atomic E-state index is -1.01. The summed E-state index contributed by atoms with van der Waals surface area (Å²) in [6, 6.07) is 12.6. The molecule has 1 saturated heterocycles. The summed E-state index contributed by atoms with van der Waals surface area (Å²) in [6.45, 7) is 7.89. The fraction of sp³-hybridized carbons (Fsp3) is 0.464. The van der Waals surface area contributed by atoms with Crippen molar-refractivity contribution in [1.82, 2.24) is 4.90 Å². The van der Waals surface area contributed by atoms with Crippen molar-refractivity contribution in [1.29, 1.82) is 0 Å². The van der Waals surface area contributed by atoms with Crippen molar-refractivity contribution in [2.75, 3.05) is 64.2 Å². The third-order valence-corrected chi connectivity index (χ3v) is 7.52. The number of nitro groups is 1. The maximum atomic E-state index is 13.8. The minimum Gasteiger partial charge on any atom is -0.463 e. The SMILES string of the molecule is CC1(C)c2ccccc2N(CC(=O)N2CCOCCOCCOCC2)C12C=Cc1cc([N+](=O)[O-])ccc1O2. The lowest BCUT2D eigenvalue weighted by atomic mass is 9.76. The third-order valence-electron chi connectivity index (χ3n) is 7.52. The van der Waals surface area contributed by atoms with Crippen LogP contribution in [0.5, 0.6) is 5.75 Å². The molecule has 0 N–H and O–H groups in total. The molecule has 0 aromatic heterocycles. The fourth-order valence-electron chi connectivity index (χ4n) is 5.40. The average Bonchev–Trinajstić information content (AvgIpc) is 3.07. The molecular weight excluding hydrogens is 490 g/mol. The molecule has 0 radical (unpaired) electrons. The van der Waals surface area contributed by atoms with Gasteiger partial charge in [0.25, 0.3) is 5.69 Å². The molecule has 10 nitrogen and oxygen atoms in total. The van der Waals surface area contributed by atoms with E-state index in [4.69, 9.17) is 18.9 Å². The summed E-state index contributed by atoms with van der Waals surface area (Å²) in [6.07, 6.45) is 3.78. The van der Waals surface area contributed by atoms with Crippen molar-refractivity contribution in [3.63, 3.8) is 0 Å². The highest BCUT2D eigenvalue weighted by molar-refractivity contribution is 5.85. The number of non-ortho nitro benzene ring substituents is 1. The largest absolute Gasteiger partial charge is 0.463 e. The van der Waals surface area contributed by atoms with Gasteiger partial charge < -0.3 is 28.7 Å². The number of ether oxygens (including phenoxy) is 4. The number of nitro benzene ring substituents is 1. The molecule has 0 aliphatic carbocycles. The van der Waals surface area contributed by atoms with E-state index in [2.05, 4.69) is 19.9 Å². The summed E-state index contributed by atoms with van der Waals surface area (Å²) >= 11 is 0. The van der Waals surface area contributed by atoms with E-state index in [-0.39, 0.29) is 18.1 Å². The van der Waals surface area contributed by atoms with Gasteiger partial charge in [-0.3, -0.25) is 14.9 Å². The first-order chi connectivity index (χ1) is 18.3. The van der Waals surface area contributed by atoms with Crippen molar-refractivity contribution in [3.8, 4) is 5.75 Å². The summed E-state index contributed by atoms with van der Waals surface area (Å²) in [7, 11) is 0. The van der Waals surface area contributed by atoms with Crippen LogP contribution in [0.3, 0.4) is 0 Å². The van der Waals surface area contributed by atoms with Crippen LogP contribution >= 0.6 is 0 Å². The van der Waals surface area contributed by atoms with E-state index in [1.165, 1.54) is 12.1 Å². The van der Waals surface area contributed by atoms with Crippen LogP contribution in [-0.2, 0) is 24.4 Å². The van der Waals surface area contributed by atoms with E-state index in [1.54, 1.807) is 11.0 Å². The Bertz CT molecular complexity index is 1220. The molecule has 3 heterocycles. The summed E-state index contributed by atoms with van der Waals surface area (Å²) < 4.78 is 23.5. The number of rotatable bonds is 3. The predicted octanol–water partition coefficient (Wildman–Crippen LogP) is 3.39. The van der Waals surface area contributed by atoms with Crippen LogP contribution in [0.2, 0.25) is 0 Å². The summed E-state index contributed by atoms with van der Waals surface area (Å²) in [5.41, 5.74) is 1.06. The zero-order valence-electron chi connectivity index (χ0n) is 21.8. The lowest BCUT2D eigenvalue weighted by Gasteiger charge is -2.47. The second-order valence-corrected chi connectivity index (χ2v) is 10.1. The topological polar surface area (TPSA) is 104 Å². The Morgan fingerprint density at radius 1 is 0.974 bits per heavy atom. The van der Waals surface area contributed by atoms with E-state index in [1.807, 2.05) is 35.3 Å². The molecular formula is C28H33N3O7. The number of benzene rings is 2. The third kappa shape index (κ3) is 4.75. The second kappa shape index (κ2) is 10.7. The summed E-state index contributed by atoms with van der Waals surface area (Å²) in [4.78, 5) is 28.4. The predicted molar refractivity (Wildman–Crippen MR) is 141 cm³/mol. The van der Waals surface area contributed by atoms with Gasteiger partial charge in [0.2, 0.25) is 11.6 Å². The van der Waals surface area contributed by atoms with Gasteiger partial charge in [-0.1, -0.05) is 18.2 Å². The monoisotopic (exact) mass is 523 g/mol. The minimum absolute atomic E-state index is 0.000237. The number of carbonyl (C=O) groups excluding carboxylic acids is 1. The van der Waals surface area contributed by atoms with Gasteiger partial charge in [0, 0.05) is 36.5 Å². The molecule has 1 spiro atoms. The molecule has 2 aromatic rings. The zero-order valence-corrected chi connectivity index (χ0v) is 21.8. The smallest absolute Gasteiger partial charge is 0.270 e. The molecule has 0 saturated carbocycles. The lowest BCUT2D eigenvalue weighted by Crippen LogP contribution is -2.61. The first-order valence-corrected chi connectivity index (χ1v) is 12.9. The van der Waals surface area contributed by atoms with Gasteiger partial charge in [0.15, 0.2) is 0 Å². The Balaban J connectivity index is 1.45. The molecule has 38 heavy (non-hydrogen) atoms. The molecule has 202 valence electrons. The van der Waals surface area contributed by atoms with E-state index in [9.17, 15) is 14.9 Å². The zero-order chi connectivity index (χ0) is 26.8. The van der Waals surface area contributed by atoms with Crippen LogP contribution in [0.15, 0.2) is 48.5 Å². The van der Waals surface area contributed by atoms with Crippen LogP contribution in [-0.4, -0.2) is 80.7 Å². The summed E-state index contributed by atoms with van der Waals surface area (Å²) in [5.74, 6) is 0.468. The van der Waals surface area contributed by atoms with Gasteiger partial charge in [0.1, 0.15) is 12.3 Å². The molecule has 1 amide bonds. The van der Waals surface area contributed by atoms with Crippen molar-refractivity contribution < 1.29 is 28.7 Å². The van der Waals surface area contributed by atoms with Gasteiger partial charge in [-0.05, 0) is 43.7 Å². The maximum absolute atomic E-state index is 13.8. The number of fused-ring (bicyclic) bond motifs is 2. The number of hydrogen-bond donors (Lipinski definition) is 0. The molecule has 1 atom stereocenters. The average molecular weight is 524 g/mol. The number of hydrogen-bond acceptors (Lipinski definition) is 8. The van der Waals surface area contributed by atoms with E-state index in [0.717, 1.165) is 11.3 Å². The molecule has 1 fully saturated rings. The molecule has 2 aromatic carbocycles. The van der Waals surface area contributed by atoms with Crippen molar-refractivity contribution in [2.24, 2.45) is 0 Å². The van der Waals surface area contributed by atoms with Crippen molar-refractivity contribution >= 4 is 23.4 Å². The van der Waals surface area contributed by atoms with E-state index < -0.39 is 16.1 Å². The molecule has 0 bridgehead atoms. The normalized spacial score (nSPS) is 23.1. The van der Waals surface area contributed by atoms with E-state index in [0.29, 0.717) is 64.0 Å². The van der Waals surface area contributed by atoms with Gasteiger partial charge >= 0.3 is 0 Å². The molecule has 3 aliphatic heterocycles. The van der Waals surface area contributed by atoms with Crippen LogP contribution in [0.4, 0.5) is 11.4 Å². The lowest BCUT2D eigenvalue weighted by molar-refractivity contribution is -0.384. The van der Waals surface area contributed by atoms with Crippen LogP contribution in [0.25, 0.3) is 6.08 Å². The quantitative estimate of drug-likeness (QED) is 0.446. The van der Waals surface area contributed by atoms with Gasteiger partial charge in [-0.15, -0.1) is 0 Å². The van der Waals surface area contributed by atoms with Crippen molar-refractivity contribution in [3.05, 3.63) is 69.8 Å². The Morgan fingerprint density at radius 2 is 1.63 bits per heavy atom. The van der Waals surface area contributed by atoms with Gasteiger partial charge in [-0.2, -0.15) is 0 Å². The second-order valence-electron chi connectivity index (χ2n) is 10.1. The standard InChI is InChI=1S/C28H33N3O7/c1-27(2)23-5-3-4-6-24(23)30(20-26(32)29-11-13-35-15-17-37-18-16-36-14-12-29)28(27)10-9-21-19-22(31(33)34)7-8-25(21)38-28/h3-10,19H,11-18,20H2,1-2H3. The van der Waals surface area contributed by atoms with Crippen LogP contribution < -0.4 is 9.64 Å². The Labute approximate surface area is 221 Å². The van der Waals surface area contributed by atoms with E-state index >= 15 is 0 Å². The summed E-state index contributed by atoms with van der Waals surface area (Å²) in [5, 5.41) is 11.3. The molecule has 5 rings (SSSR count). The van der Waals surface area contributed by atoms with Crippen LogP contribution in [0.1, 0.15) is 25.0 Å². The maximum Gasteiger partial charge on any atom is 0.270 e. The van der Waals surface area contributed by atoms with Crippen molar-refractivity contribution in [2.45, 2.75) is 25.0 Å². The fourth-order valence-corrected chi connectivity index (χ4v) is 5.40. The number of carbonyl (C=O) groups is 1. The Kier molecular flexibility index (Phi) is 7.38. The Morgan fingerprint density at radius 3 is 2.32 bits per heavy atom. The Hall–Kier alpha value is -3.47. The van der Waals surface area contributed by atoms with Gasteiger partial charge in [0.05, 0.1) is 50.0 Å². The first-order valence-electron chi connectivity index (χ1n) is 12.9. The number of amides is 1. The highest BCUT2D eigenvalue weighted by atomic mass is 16.6. The first kappa shape index (κ1) is 26.1. The highest BCUT2D eigenvalue weighted by Gasteiger charge is 2.59. The van der Waals surface area contributed by atoms with Crippen LogP contribution in [0, 0.1) is 10.1 Å². The van der Waals surface area contributed by atoms with Gasteiger partial charge in [-0.25, -0.2) is 0 Å². The highest BCUT2D eigenvalue weighted by Crippen LogP contribution is 2.54. The molecule has 10 heteroatoms. The number of para-hydroxylation sites is 1. The molecule has 1 unspecified atom stereocenters.